The van der Waals surface area contributed by atoms with E-state index in [9.17, 15) is 18.1 Å². The number of para-hydroxylation sites is 1. The molecule has 3 rings (SSSR count). The number of nitrogens with one attached hydrogen (secondary N) is 3. The highest BCUT2D eigenvalue weighted by atomic mass is 32.2. The average Bonchev–Trinajstić information content (AvgIpc) is 2.67. The smallest absolute Gasteiger partial charge is 0.294 e. The number of aromatic nitrogens is 3. The van der Waals surface area contributed by atoms with Gasteiger partial charge in [-0.05, 0) is 37.3 Å². The fraction of sp³-hybridized carbons (Fsp3) is 0.167. The number of hydrogen-bond acceptors (Lipinski definition) is 9. The van der Waals surface area contributed by atoms with Gasteiger partial charge < -0.3 is 21.1 Å². The molecule has 1 unspecified atom stereocenters. The van der Waals surface area contributed by atoms with Crippen molar-refractivity contribution in [2.75, 3.05) is 22.5 Å². The molecular weight excluding hydrogens is 396 g/mol. The Labute approximate surface area is 167 Å². The van der Waals surface area contributed by atoms with E-state index in [-0.39, 0.29) is 29.3 Å². The number of anilines is 5. The molecule has 5 N–H and O–H groups in total. The van der Waals surface area contributed by atoms with Crippen molar-refractivity contribution in [3.63, 3.8) is 0 Å². The van der Waals surface area contributed by atoms with Gasteiger partial charge in [-0.25, -0.2) is 0 Å². The maximum atomic E-state index is 11.3. The van der Waals surface area contributed by atoms with Crippen molar-refractivity contribution in [1.82, 2.24) is 15.0 Å². The topological polar surface area (TPSA) is 149 Å². The summed E-state index contributed by atoms with van der Waals surface area (Å²) in [5, 5.41) is 18.3. The first-order valence-electron chi connectivity index (χ1n) is 8.64. The SMILES string of the molecule is CC(O)CNc1nc(Nc2ccccc2)nc(Nc2cccc(S(=O)(=O)O)c2)n1. The first-order valence-corrected chi connectivity index (χ1v) is 10.1. The fourth-order valence-electron chi connectivity index (χ4n) is 2.32. The van der Waals surface area contributed by atoms with Crippen LogP contribution in [0.25, 0.3) is 0 Å². The highest BCUT2D eigenvalue weighted by Gasteiger charge is 2.12. The minimum Gasteiger partial charge on any atom is -0.392 e. The molecule has 0 bridgehead atoms. The van der Waals surface area contributed by atoms with Crippen molar-refractivity contribution < 1.29 is 18.1 Å². The molecule has 1 aromatic heterocycles. The van der Waals surface area contributed by atoms with Gasteiger partial charge in [0.25, 0.3) is 10.1 Å². The lowest BCUT2D eigenvalue weighted by Gasteiger charge is -2.12. The summed E-state index contributed by atoms with van der Waals surface area (Å²) in [5.41, 5.74) is 1.12. The monoisotopic (exact) mass is 416 g/mol. The van der Waals surface area contributed by atoms with Crippen LogP contribution in [0.2, 0.25) is 0 Å². The van der Waals surface area contributed by atoms with E-state index in [0.717, 1.165) is 5.69 Å². The van der Waals surface area contributed by atoms with Crippen molar-refractivity contribution in [2.45, 2.75) is 17.9 Å². The summed E-state index contributed by atoms with van der Waals surface area (Å²) in [7, 11) is -4.34. The van der Waals surface area contributed by atoms with Crippen LogP contribution in [0, 0.1) is 0 Å². The quantitative estimate of drug-likeness (QED) is 0.346. The van der Waals surface area contributed by atoms with Crippen LogP contribution in [0.4, 0.5) is 29.2 Å². The van der Waals surface area contributed by atoms with Crippen molar-refractivity contribution in [1.29, 1.82) is 0 Å². The van der Waals surface area contributed by atoms with Crippen LogP contribution in [0.15, 0.2) is 59.5 Å². The van der Waals surface area contributed by atoms with Crippen LogP contribution in [0.5, 0.6) is 0 Å². The van der Waals surface area contributed by atoms with Gasteiger partial charge in [0.15, 0.2) is 0 Å². The number of nitrogens with zero attached hydrogens (tertiary/aromatic N) is 3. The first-order chi connectivity index (χ1) is 13.8. The zero-order valence-corrected chi connectivity index (χ0v) is 16.3. The van der Waals surface area contributed by atoms with Crippen molar-refractivity contribution in [3.05, 3.63) is 54.6 Å². The summed E-state index contributed by atoms with van der Waals surface area (Å²) >= 11 is 0. The number of aliphatic hydroxyl groups excluding tert-OH is 1. The molecule has 0 saturated heterocycles. The average molecular weight is 416 g/mol. The summed E-state index contributed by atoms with van der Waals surface area (Å²) in [4.78, 5) is 12.5. The summed E-state index contributed by atoms with van der Waals surface area (Å²) in [6.45, 7) is 1.85. The standard InChI is InChI=1S/C18H20N6O4S/c1-12(25)11-19-16-22-17(20-13-6-3-2-4-7-13)24-18(23-16)21-14-8-5-9-15(10-14)29(26,27)28/h2-10,12,25H,11H2,1H3,(H,26,27,28)(H3,19,20,21,22,23,24). The molecule has 0 amide bonds. The van der Waals surface area contributed by atoms with E-state index in [0.29, 0.717) is 5.69 Å². The molecule has 0 fully saturated rings. The summed E-state index contributed by atoms with van der Waals surface area (Å²) in [6.07, 6.45) is -0.611. The molecule has 0 aliphatic rings. The van der Waals surface area contributed by atoms with Crippen LogP contribution in [0.1, 0.15) is 6.92 Å². The predicted octanol–water partition coefficient (Wildman–Crippen LogP) is 2.40. The van der Waals surface area contributed by atoms with E-state index in [1.54, 1.807) is 13.0 Å². The van der Waals surface area contributed by atoms with Crippen molar-refractivity contribution in [2.24, 2.45) is 0 Å². The zero-order valence-electron chi connectivity index (χ0n) is 15.4. The van der Waals surface area contributed by atoms with Gasteiger partial charge in [-0.1, -0.05) is 24.3 Å². The van der Waals surface area contributed by atoms with E-state index in [4.69, 9.17) is 0 Å². The van der Waals surface area contributed by atoms with Gasteiger partial charge in [0.05, 0.1) is 11.0 Å². The Bertz CT molecular complexity index is 1080. The lowest BCUT2D eigenvalue weighted by Crippen LogP contribution is -2.18. The Hall–Kier alpha value is -3.28. The van der Waals surface area contributed by atoms with Crippen LogP contribution in [-0.2, 0) is 10.1 Å². The molecule has 10 nitrogen and oxygen atoms in total. The lowest BCUT2D eigenvalue weighted by molar-refractivity contribution is 0.208. The Balaban J connectivity index is 1.90. The maximum Gasteiger partial charge on any atom is 0.294 e. The number of hydrogen-bond donors (Lipinski definition) is 5. The van der Waals surface area contributed by atoms with E-state index in [2.05, 4.69) is 30.9 Å². The van der Waals surface area contributed by atoms with Crippen LogP contribution < -0.4 is 16.0 Å². The van der Waals surface area contributed by atoms with Gasteiger partial charge in [0.2, 0.25) is 17.8 Å². The van der Waals surface area contributed by atoms with E-state index in [1.807, 2.05) is 30.3 Å². The Morgan fingerprint density at radius 3 is 2.10 bits per heavy atom. The molecule has 0 spiro atoms. The number of benzene rings is 2. The third kappa shape index (κ3) is 6.10. The van der Waals surface area contributed by atoms with Crippen LogP contribution in [0.3, 0.4) is 0 Å². The lowest BCUT2D eigenvalue weighted by atomic mass is 10.3. The van der Waals surface area contributed by atoms with Gasteiger partial charge in [0.1, 0.15) is 0 Å². The number of aliphatic hydroxyl groups is 1. The first kappa shape index (κ1) is 20.5. The highest BCUT2D eigenvalue weighted by molar-refractivity contribution is 7.85. The molecule has 2 aromatic carbocycles. The Kier molecular flexibility index (Phi) is 6.22. The Morgan fingerprint density at radius 1 is 0.897 bits per heavy atom. The van der Waals surface area contributed by atoms with E-state index in [1.165, 1.54) is 18.2 Å². The molecule has 0 radical (unpaired) electrons. The van der Waals surface area contributed by atoms with Crippen LogP contribution in [-0.4, -0.2) is 45.7 Å². The summed E-state index contributed by atoms with van der Waals surface area (Å²) in [5.74, 6) is 0.597. The minimum atomic E-state index is -4.34. The molecule has 3 aromatic rings. The molecule has 29 heavy (non-hydrogen) atoms. The molecule has 0 aliphatic carbocycles. The van der Waals surface area contributed by atoms with Gasteiger partial charge in [-0.2, -0.15) is 23.4 Å². The molecule has 11 heteroatoms. The maximum absolute atomic E-state index is 11.3. The highest BCUT2D eigenvalue weighted by Crippen LogP contribution is 2.21. The molecule has 0 saturated carbocycles. The molecule has 0 aliphatic heterocycles. The Morgan fingerprint density at radius 2 is 1.48 bits per heavy atom. The predicted molar refractivity (Wildman–Crippen MR) is 109 cm³/mol. The van der Waals surface area contributed by atoms with Crippen molar-refractivity contribution in [3.8, 4) is 0 Å². The van der Waals surface area contributed by atoms with Gasteiger partial charge in [0, 0.05) is 17.9 Å². The van der Waals surface area contributed by atoms with Gasteiger partial charge in [-0.15, -0.1) is 0 Å². The summed E-state index contributed by atoms with van der Waals surface area (Å²) in [6, 6.07) is 14.9. The molecule has 1 atom stereocenters. The second-order valence-corrected chi connectivity index (χ2v) is 7.58. The largest absolute Gasteiger partial charge is 0.392 e. The molecule has 1 heterocycles. The van der Waals surface area contributed by atoms with E-state index < -0.39 is 16.2 Å². The van der Waals surface area contributed by atoms with Crippen molar-refractivity contribution >= 4 is 39.3 Å². The fourth-order valence-corrected chi connectivity index (χ4v) is 2.85. The second-order valence-electron chi connectivity index (χ2n) is 6.16. The normalized spacial score (nSPS) is 12.2. The third-order valence-electron chi connectivity index (χ3n) is 3.61. The zero-order chi connectivity index (χ0) is 20.9. The van der Waals surface area contributed by atoms with Gasteiger partial charge >= 0.3 is 0 Å². The molecule has 152 valence electrons. The van der Waals surface area contributed by atoms with Gasteiger partial charge in [-0.3, -0.25) is 4.55 Å². The molecular formula is C18H20N6O4S. The second kappa shape index (κ2) is 8.82. The minimum absolute atomic E-state index is 0.138. The number of rotatable bonds is 8. The van der Waals surface area contributed by atoms with Crippen LogP contribution >= 0.6 is 0 Å². The third-order valence-corrected chi connectivity index (χ3v) is 4.46. The summed E-state index contributed by atoms with van der Waals surface area (Å²) < 4.78 is 31.9. The van der Waals surface area contributed by atoms with E-state index >= 15 is 0 Å².